The Hall–Kier alpha value is -2.44. The summed E-state index contributed by atoms with van der Waals surface area (Å²) in [6.45, 7) is 0.494. The van der Waals surface area contributed by atoms with Gasteiger partial charge in [-0.1, -0.05) is 5.21 Å². The van der Waals surface area contributed by atoms with E-state index >= 15 is 0 Å². The molecule has 0 saturated heterocycles. The molecule has 1 amide bonds. The fourth-order valence-corrected chi connectivity index (χ4v) is 1.27. The molecule has 0 spiro atoms. The number of nitrogens with zero attached hydrogens (tertiary/aromatic N) is 4. The van der Waals surface area contributed by atoms with Crippen molar-refractivity contribution in [2.24, 2.45) is 0 Å². The number of nitrogens with two attached hydrogens (primary N) is 1. The molecule has 2 heterocycles. The van der Waals surface area contributed by atoms with Gasteiger partial charge in [0.25, 0.3) is 0 Å². The lowest BCUT2D eigenvalue weighted by Gasteiger charge is -2.04. The summed E-state index contributed by atoms with van der Waals surface area (Å²) in [5.74, 6) is 0.317. The van der Waals surface area contributed by atoms with Crippen molar-refractivity contribution in [3.8, 4) is 0 Å². The summed E-state index contributed by atoms with van der Waals surface area (Å²) in [6, 6.07) is 3.34. The number of carbonyl (C=O) groups is 1. The zero-order valence-electron chi connectivity index (χ0n) is 9.08. The molecule has 0 bridgehead atoms. The minimum Gasteiger partial charge on any atom is -0.384 e. The van der Waals surface area contributed by atoms with E-state index in [2.05, 4.69) is 20.6 Å². The monoisotopic (exact) mass is 232 g/mol. The normalized spacial score (nSPS) is 10.1. The van der Waals surface area contributed by atoms with Gasteiger partial charge in [-0.3, -0.25) is 9.48 Å². The van der Waals surface area contributed by atoms with Gasteiger partial charge in [0.1, 0.15) is 5.82 Å². The molecule has 17 heavy (non-hydrogen) atoms. The van der Waals surface area contributed by atoms with Gasteiger partial charge in [-0.25, -0.2) is 4.98 Å². The zero-order valence-corrected chi connectivity index (χ0v) is 9.08. The molecular weight excluding hydrogens is 220 g/mol. The number of hydrogen-bond acceptors (Lipinski definition) is 5. The third-order valence-corrected chi connectivity index (χ3v) is 2.11. The van der Waals surface area contributed by atoms with E-state index in [9.17, 15) is 4.79 Å². The van der Waals surface area contributed by atoms with Crippen LogP contribution in [0, 0.1) is 0 Å². The predicted molar refractivity (Wildman–Crippen MR) is 61.9 cm³/mol. The van der Waals surface area contributed by atoms with Gasteiger partial charge in [-0.05, 0) is 12.1 Å². The quantitative estimate of drug-likeness (QED) is 0.789. The fourth-order valence-electron chi connectivity index (χ4n) is 1.27. The molecule has 0 atom stereocenters. The van der Waals surface area contributed by atoms with Gasteiger partial charge in [-0.2, -0.15) is 0 Å². The molecule has 88 valence electrons. The van der Waals surface area contributed by atoms with Gasteiger partial charge >= 0.3 is 0 Å². The number of aryl methyl sites for hydroxylation is 1. The number of nitrogens with one attached hydrogen (secondary N) is 1. The van der Waals surface area contributed by atoms with Crippen molar-refractivity contribution in [1.82, 2.24) is 20.0 Å². The maximum Gasteiger partial charge on any atom is 0.226 e. The topological polar surface area (TPSA) is 98.7 Å². The number of pyridine rings is 1. The maximum absolute atomic E-state index is 11.6. The van der Waals surface area contributed by atoms with Gasteiger partial charge in [0.15, 0.2) is 0 Å². The van der Waals surface area contributed by atoms with Crippen LogP contribution >= 0.6 is 0 Å². The Morgan fingerprint density at radius 2 is 2.35 bits per heavy atom. The predicted octanol–water partition coefficient (Wildman–Crippen LogP) is 0.284. The number of rotatable bonds is 4. The number of hydrogen-bond donors (Lipinski definition) is 2. The molecule has 2 aromatic rings. The summed E-state index contributed by atoms with van der Waals surface area (Å²) in [5, 5.41) is 10.1. The zero-order chi connectivity index (χ0) is 12.1. The van der Waals surface area contributed by atoms with Crippen LogP contribution in [0.25, 0.3) is 0 Å². The van der Waals surface area contributed by atoms with E-state index in [-0.39, 0.29) is 5.91 Å². The van der Waals surface area contributed by atoms with Gasteiger partial charge in [-0.15, -0.1) is 5.10 Å². The summed E-state index contributed by atoms with van der Waals surface area (Å²) in [5.41, 5.74) is 6.07. The lowest BCUT2D eigenvalue weighted by molar-refractivity contribution is -0.116. The second kappa shape index (κ2) is 5.06. The standard InChI is InChI=1S/C10H12N6O/c11-9-2-1-8(7-12-9)14-10(17)3-5-16-6-4-13-15-16/h1-2,4,6-7H,3,5H2,(H2,11,12)(H,14,17). The van der Waals surface area contributed by atoms with Gasteiger partial charge in [0, 0.05) is 12.6 Å². The smallest absolute Gasteiger partial charge is 0.226 e. The first-order chi connectivity index (χ1) is 8.24. The van der Waals surface area contributed by atoms with Crippen molar-refractivity contribution < 1.29 is 4.79 Å². The molecule has 7 nitrogen and oxygen atoms in total. The van der Waals surface area contributed by atoms with Crippen molar-refractivity contribution in [2.75, 3.05) is 11.1 Å². The molecule has 0 saturated carbocycles. The Morgan fingerprint density at radius 1 is 1.47 bits per heavy atom. The minimum absolute atomic E-state index is 0.105. The molecule has 0 aliphatic rings. The van der Waals surface area contributed by atoms with Crippen LogP contribution in [0.5, 0.6) is 0 Å². The molecule has 0 unspecified atom stereocenters. The molecule has 3 N–H and O–H groups in total. The Morgan fingerprint density at radius 3 is 3.00 bits per heavy atom. The van der Waals surface area contributed by atoms with Crippen molar-refractivity contribution in [1.29, 1.82) is 0 Å². The SMILES string of the molecule is Nc1ccc(NC(=O)CCn2ccnn2)cn1. The largest absolute Gasteiger partial charge is 0.384 e. The number of carbonyl (C=O) groups excluding carboxylic acids is 1. The molecule has 7 heteroatoms. The third kappa shape index (κ3) is 3.26. The number of aromatic nitrogens is 4. The lowest BCUT2D eigenvalue weighted by atomic mass is 10.3. The Labute approximate surface area is 97.6 Å². The summed E-state index contributed by atoms with van der Waals surface area (Å²) in [7, 11) is 0. The van der Waals surface area contributed by atoms with E-state index in [1.807, 2.05) is 0 Å². The van der Waals surface area contributed by atoms with Crippen LogP contribution < -0.4 is 11.1 Å². The van der Waals surface area contributed by atoms with Crippen molar-refractivity contribution in [3.63, 3.8) is 0 Å². The average molecular weight is 232 g/mol. The Balaban J connectivity index is 1.83. The van der Waals surface area contributed by atoms with E-state index in [0.29, 0.717) is 24.5 Å². The van der Waals surface area contributed by atoms with Gasteiger partial charge < -0.3 is 11.1 Å². The Kier molecular flexibility index (Phi) is 3.29. The van der Waals surface area contributed by atoms with E-state index in [1.165, 1.54) is 6.20 Å². The van der Waals surface area contributed by atoms with Crippen LogP contribution in [-0.4, -0.2) is 25.9 Å². The molecule has 0 aliphatic heterocycles. The summed E-state index contributed by atoms with van der Waals surface area (Å²) >= 11 is 0. The molecule has 0 aliphatic carbocycles. The molecular formula is C10H12N6O. The van der Waals surface area contributed by atoms with E-state index in [0.717, 1.165) is 0 Å². The highest BCUT2D eigenvalue weighted by Gasteiger charge is 2.03. The van der Waals surface area contributed by atoms with E-state index in [4.69, 9.17) is 5.73 Å². The summed E-state index contributed by atoms with van der Waals surface area (Å²) in [6.07, 6.45) is 5.12. The highest BCUT2D eigenvalue weighted by molar-refractivity contribution is 5.90. The van der Waals surface area contributed by atoms with E-state index < -0.39 is 0 Å². The number of amides is 1. The Bertz CT molecular complexity index is 478. The second-order valence-corrected chi connectivity index (χ2v) is 3.44. The lowest BCUT2D eigenvalue weighted by Crippen LogP contribution is -2.15. The maximum atomic E-state index is 11.6. The molecule has 2 aromatic heterocycles. The van der Waals surface area contributed by atoms with Crippen molar-refractivity contribution in [2.45, 2.75) is 13.0 Å². The summed E-state index contributed by atoms with van der Waals surface area (Å²) < 4.78 is 1.60. The molecule has 0 fully saturated rings. The van der Waals surface area contributed by atoms with Crippen LogP contribution in [0.4, 0.5) is 11.5 Å². The van der Waals surface area contributed by atoms with Crippen molar-refractivity contribution in [3.05, 3.63) is 30.7 Å². The highest BCUT2D eigenvalue weighted by atomic mass is 16.1. The first kappa shape index (κ1) is 11.1. The van der Waals surface area contributed by atoms with E-state index in [1.54, 1.807) is 29.2 Å². The molecule has 0 aromatic carbocycles. The van der Waals surface area contributed by atoms with Crippen LogP contribution in [0.1, 0.15) is 6.42 Å². The summed E-state index contributed by atoms with van der Waals surface area (Å²) in [4.78, 5) is 15.4. The first-order valence-electron chi connectivity index (χ1n) is 5.09. The van der Waals surface area contributed by atoms with Crippen LogP contribution in [0.2, 0.25) is 0 Å². The average Bonchev–Trinajstić information content (AvgIpc) is 2.83. The van der Waals surface area contributed by atoms with Gasteiger partial charge in [0.2, 0.25) is 5.91 Å². The first-order valence-corrected chi connectivity index (χ1v) is 5.09. The van der Waals surface area contributed by atoms with Crippen LogP contribution in [-0.2, 0) is 11.3 Å². The number of anilines is 2. The van der Waals surface area contributed by atoms with Crippen molar-refractivity contribution >= 4 is 17.4 Å². The van der Waals surface area contributed by atoms with Gasteiger partial charge in [0.05, 0.1) is 24.6 Å². The highest BCUT2D eigenvalue weighted by Crippen LogP contribution is 2.07. The third-order valence-electron chi connectivity index (χ3n) is 2.11. The minimum atomic E-state index is -0.105. The second-order valence-electron chi connectivity index (χ2n) is 3.44. The number of nitrogen functional groups attached to an aromatic ring is 1. The van der Waals surface area contributed by atoms with Crippen LogP contribution in [0.3, 0.4) is 0 Å². The fraction of sp³-hybridized carbons (Fsp3) is 0.200. The molecule has 0 radical (unpaired) electrons. The van der Waals surface area contributed by atoms with Crippen LogP contribution in [0.15, 0.2) is 30.7 Å². The molecule has 2 rings (SSSR count).